The van der Waals surface area contributed by atoms with Crippen LogP contribution in [0.25, 0.3) is 11.0 Å². The number of unbranched alkanes of at least 4 members (excludes halogenated alkanes) is 18. The molecule has 1 heterocycles. The SMILES string of the molecule is C#CCCCCCCCCCCCC(O)CC(O)COC(C)=O.C=CCCCCCCCCCCCC(O)CC(O)COC(C)=O.COc1cc(O)c2c(=O)cc(C)oc2c1CC=C(C)C. The molecule has 0 amide bonds. The van der Waals surface area contributed by atoms with Crippen molar-refractivity contribution >= 4 is 22.9 Å². The molecule has 0 saturated carbocycles. The normalized spacial score (nSPS) is 12.6. The van der Waals surface area contributed by atoms with Gasteiger partial charge >= 0.3 is 11.9 Å². The van der Waals surface area contributed by atoms with Crippen LogP contribution in [0.3, 0.4) is 0 Å². The summed E-state index contributed by atoms with van der Waals surface area (Å²) in [5.74, 6) is 2.76. The van der Waals surface area contributed by atoms with Gasteiger partial charge in [-0.15, -0.1) is 18.9 Å². The Bertz CT molecular complexity index is 1720. The van der Waals surface area contributed by atoms with Crippen LogP contribution in [-0.2, 0) is 25.5 Å². The van der Waals surface area contributed by atoms with Gasteiger partial charge in [0.15, 0.2) is 5.43 Å². The third-order valence-corrected chi connectivity index (χ3v) is 11.0. The van der Waals surface area contributed by atoms with Crippen molar-refractivity contribution in [3.05, 3.63) is 58.0 Å². The minimum Gasteiger partial charge on any atom is -0.507 e. The molecule has 0 aliphatic rings. The lowest BCUT2D eigenvalue weighted by Gasteiger charge is -2.15. The highest BCUT2D eigenvalue weighted by molar-refractivity contribution is 5.88. The van der Waals surface area contributed by atoms with Crippen LogP contribution >= 0.6 is 0 Å². The first-order chi connectivity index (χ1) is 31.6. The molecule has 1 aromatic carbocycles. The number of aromatic hydroxyl groups is 1. The van der Waals surface area contributed by atoms with Crippen LogP contribution in [0.1, 0.15) is 193 Å². The first kappa shape index (κ1) is 61.9. The number of aryl methyl sites for hydroxylation is 1. The van der Waals surface area contributed by atoms with Gasteiger partial charge in [-0.25, -0.2) is 0 Å². The summed E-state index contributed by atoms with van der Waals surface area (Å²) in [6.45, 7) is 12.0. The van der Waals surface area contributed by atoms with Gasteiger partial charge in [0.2, 0.25) is 0 Å². The molecule has 0 aliphatic heterocycles. The van der Waals surface area contributed by atoms with Crippen molar-refractivity contribution in [2.75, 3.05) is 20.3 Å². The predicted molar refractivity (Wildman–Crippen MR) is 266 cm³/mol. The molecule has 1 aromatic heterocycles. The zero-order valence-electron chi connectivity index (χ0n) is 41.6. The number of phenols is 1. The summed E-state index contributed by atoms with van der Waals surface area (Å²) in [5.41, 5.74) is 2.07. The van der Waals surface area contributed by atoms with Crippen molar-refractivity contribution in [2.45, 2.75) is 220 Å². The van der Waals surface area contributed by atoms with E-state index in [0.29, 0.717) is 36.4 Å². The minimum absolute atomic E-state index is 0.0286. The van der Waals surface area contributed by atoms with Gasteiger partial charge in [-0.3, -0.25) is 14.4 Å². The van der Waals surface area contributed by atoms with E-state index in [1.165, 1.54) is 117 Å². The van der Waals surface area contributed by atoms with Crippen molar-refractivity contribution in [3.63, 3.8) is 0 Å². The van der Waals surface area contributed by atoms with Crippen molar-refractivity contribution in [3.8, 4) is 23.8 Å². The molecular formula is C54H88O12. The van der Waals surface area contributed by atoms with E-state index in [-0.39, 0.29) is 42.6 Å². The number of aliphatic hydroxyl groups is 4. The monoisotopic (exact) mass is 929 g/mol. The molecular weight excluding hydrogens is 841 g/mol. The van der Waals surface area contributed by atoms with Crippen LogP contribution in [-0.4, -0.2) is 82.2 Å². The highest BCUT2D eigenvalue weighted by Gasteiger charge is 2.18. The smallest absolute Gasteiger partial charge is 0.302 e. The first-order valence-electron chi connectivity index (χ1n) is 24.6. The van der Waals surface area contributed by atoms with Crippen molar-refractivity contribution in [1.82, 2.24) is 0 Å². The Hall–Kier alpha value is -4.15. The summed E-state index contributed by atoms with van der Waals surface area (Å²) < 4.78 is 20.4. The molecule has 0 fully saturated rings. The second kappa shape index (κ2) is 40.0. The van der Waals surface area contributed by atoms with Gasteiger partial charge in [0.05, 0.1) is 31.5 Å². The number of terminal acetylenes is 1. The van der Waals surface area contributed by atoms with Gasteiger partial charge in [-0.05, 0) is 59.3 Å². The van der Waals surface area contributed by atoms with Crippen molar-refractivity contribution < 1.29 is 53.7 Å². The fourth-order valence-corrected chi connectivity index (χ4v) is 7.32. The van der Waals surface area contributed by atoms with Crippen LogP contribution in [0, 0.1) is 19.3 Å². The number of esters is 2. The van der Waals surface area contributed by atoms with E-state index in [1.807, 2.05) is 26.0 Å². The molecule has 0 aliphatic carbocycles. The number of benzene rings is 1. The maximum Gasteiger partial charge on any atom is 0.302 e. The number of ether oxygens (including phenoxy) is 3. The highest BCUT2D eigenvalue weighted by Crippen LogP contribution is 2.34. The molecule has 376 valence electrons. The third-order valence-electron chi connectivity index (χ3n) is 11.0. The third kappa shape index (κ3) is 33.3. The zero-order valence-corrected chi connectivity index (χ0v) is 41.6. The number of fused-ring (bicyclic) bond motifs is 1. The molecule has 4 atom stereocenters. The fourth-order valence-electron chi connectivity index (χ4n) is 7.32. The van der Waals surface area contributed by atoms with Crippen LogP contribution in [0.2, 0.25) is 0 Å². The quantitative estimate of drug-likeness (QED) is 0.0193. The van der Waals surface area contributed by atoms with Gasteiger partial charge in [0.25, 0.3) is 0 Å². The summed E-state index contributed by atoms with van der Waals surface area (Å²) in [4.78, 5) is 33.3. The number of phenolic OH excluding ortho intramolecular Hbond substituents is 1. The molecule has 2 rings (SSSR count). The number of carbonyl (C=O) groups excluding carboxylic acids is 2. The van der Waals surface area contributed by atoms with Crippen molar-refractivity contribution in [2.24, 2.45) is 0 Å². The second-order valence-corrected chi connectivity index (χ2v) is 17.7. The standard InChI is InChI=1S/C19H36O4.C19H34O4.C16H18O4/c2*1-3-4-5-6-7-8-9-10-11-12-13-14-18(21)15-19(22)16-23-17(2)20;1-9(2)5-6-11-14(19-4)8-13(18)15-12(17)7-10(3)20-16(11)15/h3,18-19,21-22H,1,4-16H2,2H3;1,18-19,21-22H,4-16H2,2H3;5,7-8,18H,6H2,1-4H3. The van der Waals surface area contributed by atoms with Crippen LogP contribution in [0.5, 0.6) is 11.5 Å². The minimum atomic E-state index is -0.775. The van der Waals surface area contributed by atoms with E-state index in [0.717, 1.165) is 56.1 Å². The molecule has 2 aromatic rings. The maximum atomic E-state index is 12.0. The molecule has 0 radical (unpaired) electrons. The Labute approximate surface area is 397 Å². The lowest BCUT2D eigenvalue weighted by molar-refractivity contribution is -0.145. The van der Waals surface area contributed by atoms with E-state index in [4.69, 9.17) is 25.1 Å². The lowest BCUT2D eigenvalue weighted by Crippen LogP contribution is -2.23. The van der Waals surface area contributed by atoms with Crippen molar-refractivity contribution in [1.29, 1.82) is 0 Å². The summed E-state index contributed by atoms with van der Waals surface area (Å²) in [6, 6.07) is 2.84. The summed E-state index contributed by atoms with van der Waals surface area (Å²) in [5, 5.41) is 49.0. The van der Waals surface area contributed by atoms with Crippen LogP contribution < -0.4 is 10.2 Å². The van der Waals surface area contributed by atoms with Gasteiger partial charge in [0.1, 0.15) is 41.4 Å². The van der Waals surface area contributed by atoms with Gasteiger partial charge in [0, 0.05) is 50.8 Å². The van der Waals surface area contributed by atoms with Crippen LogP contribution in [0.4, 0.5) is 0 Å². The largest absolute Gasteiger partial charge is 0.507 e. The van der Waals surface area contributed by atoms with E-state index < -0.39 is 36.4 Å². The number of aliphatic hydroxyl groups excluding tert-OH is 4. The van der Waals surface area contributed by atoms with Crippen LogP contribution in [0.15, 0.2) is 45.6 Å². The first-order valence-corrected chi connectivity index (χ1v) is 24.6. The topological polar surface area (TPSA) is 193 Å². The highest BCUT2D eigenvalue weighted by atomic mass is 16.5. The molecule has 0 saturated heterocycles. The summed E-state index contributed by atoms with van der Waals surface area (Å²) in [6.07, 6.45) is 33.1. The molecule has 12 heteroatoms. The number of rotatable bonds is 34. The van der Waals surface area contributed by atoms with E-state index >= 15 is 0 Å². The predicted octanol–water partition coefficient (Wildman–Crippen LogP) is 11.0. The van der Waals surface area contributed by atoms with E-state index in [1.54, 1.807) is 6.92 Å². The van der Waals surface area contributed by atoms with Gasteiger partial charge < -0.3 is 44.2 Å². The molecule has 4 unspecified atom stereocenters. The number of methoxy groups -OCH3 is 1. The molecule has 0 bridgehead atoms. The average Bonchev–Trinajstić information content (AvgIpc) is 3.25. The Morgan fingerprint density at radius 3 is 1.56 bits per heavy atom. The summed E-state index contributed by atoms with van der Waals surface area (Å²) in [7, 11) is 1.53. The summed E-state index contributed by atoms with van der Waals surface area (Å²) >= 11 is 0. The Morgan fingerprint density at radius 1 is 0.712 bits per heavy atom. The van der Waals surface area contributed by atoms with E-state index in [2.05, 4.69) is 12.5 Å². The molecule has 0 spiro atoms. The number of hydrogen-bond donors (Lipinski definition) is 5. The number of allylic oxidation sites excluding steroid dienone is 3. The number of hydrogen-bond acceptors (Lipinski definition) is 12. The Balaban J connectivity index is 0.000000962. The second-order valence-electron chi connectivity index (χ2n) is 17.7. The molecule has 66 heavy (non-hydrogen) atoms. The Kier molecular flexibility index (Phi) is 37.5. The Morgan fingerprint density at radius 2 is 1.15 bits per heavy atom. The fraction of sp³-hybridized carbons (Fsp3) is 0.685. The van der Waals surface area contributed by atoms with Gasteiger partial charge in [-0.2, -0.15) is 0 Å². The average molecular weight is 929 g/mol. The molecule has 12 nitrogen and oxygen atoms in total. The molecule has 5 N–H and O–H groups in total. The van der Waals surface area contributed by atoms with E-state index in [9.17, 15) is 39.9 Å². The zero-order chi connectivity index (χ0) is 49.5. The van der Waals surface area contributed by atoms with Gasteiger partial charge in [-0.1, -0.05) is 120 Å². The maximum absolute atomic E-state index is 12.0. The lowest BCUT2D eigenvalue weighted by atomic mass is 10.0. The number of carbonyl (C=O) groups is 2.